The summed E-state index contributed by atoms with van der Waals surface area (Å²) in [5.74, 6) is 3.53. The molecule has 0 heterocycles. The summed E-state index contributed by atoms with van der Waals surface area (Å²) in [5, 5.41) is 12.3. The van der Waals surface area contributed by atoms with E-state index in [9.17, 15) is 10.1 Å². The number of hydrogen-bond donors (Lipinski definition) is 1. The molecule has 1 N–H and O–H groups in total. The van der Waals surface area contributed by atoms with Crippen LogP contribution in [0.1, 0.15) is 18.1 Å². The second-order valence-corrected chi connectivity index (χ2v) is 7.05. The van der Waals surface area contributed by atoms with Gasteiger partial charge in [0.25, 0.3) is 5.91 Å². The van der Waals surface area contributed by atoms with E-state index in [1.54, 1.807) is 42.5 Å². The third-order valence-electron chi connectivity index (χ3n) is 4.62. The van der Waals surface area contributed by atoms with Crippen LogP contribution in [-0.2, 0) is 11.4 Å². The van der Waals surface area contributed by atoms with Crippen LogP contribution in [-0.4, -0.2) is 19.1 Å². The first kappa shape index (κ1) is 24.0. The minimum atomic E-state index is -0.522. The van der Waals surface area contributed by atoms with Crippen LogP contribution in [0.3, 0.4) is 0 Å². The van der Waals surface area contributed by atoms with Crippen LogP contribution in [0.15, 0.2) is 78.4 Å². The summed E-state index contributed by atoms with van der Waals surface area (Å²) in [6.45, 7) is 2.83. The van der Waals surface area contributed by atoms with Crippen LogP contribution in [0.4, 0.5) is 5.69 Å². The molecule has 3 aromatic carbocycles. The molecule has 0 fully saturated rings. The Labute approximate surface area is 199 Å². The fraction of sp³-hybridized carbons (Fsp3) is 0.143. The maximum absolute atomic E-state index is 12.7. The highest BCUT2D eigenvalue weighted by molar-refractivity contribution is 6.09. The number of nitriles is 1. The Hall–Kier alpha value is -4.68. The van der Waals surface area contributed by atoms with E-state index in [1.165, 1.54) is 6.08 Å². The van der Waals surface area contributed by atoms with Gasteiger partial charge in [0.15, 0.2) is 11.5 Å². The minimum Gasteiger partial charge on any atom is -0.490 e. The number of hydrogen-bond acceptors (Lipinski definition) is 5. The van der Waals surface area contributed by atoms with Gasteiger partial charge in [0.2, 0.25) is 0 Å². The van der Waals surface area contributed by atoms with Gasteiger partial charge in [-0.3, -0.25) is 4.79 Å². The van der Waals surface area contributed by atoms with Crippen LogP contribution in [0, 0.1) is 23.7 Å². The molecule has 0 aliphatic carbocycles. The van der Waals surface area contributed by atoms with Crippen molar-refractivity contribution in [2.75, 3.05) is 18.5 Å². The van der Waals surface area contributed by atoms with Gasteiger partial charge in [0.05, 0.1) is 6.61 Å². The molecule has 0 aromatic heterocycles. The lowest BCUT2D eigenvalue weighted by Gasteiger charge is -2.11. The van der Waals surface area contributed by atoms with Crippen molar-refractivity contribution in [1.29, 1.82) is 5.26 Å². The highest BCUT2D eigenvalue weighted by Crippen LogP contribution is 2.29. The van der Waals surface area contributed by atoms with E-state index >= 15 is 0 Å². The fourth-order valence-corrected chi connectivity index (χ4v) is 3.01. The first-order valence-corrected chi connectivity index (χ1v) is 10.7. The Kier molecular flexibility index (Phi) is 8.73. The first-order valence-electron chi connectivity index (χ1n) is 10.7. The molecule has 0 saturated heterocycles. The predicted molar refractivity (Wildman–Crippen MR) is 131 cm³/mol. The average molecular weight is 453 g/mol. The Balaban J connectivity index is 1.66. The highest BCUT2D eigenvalue weighted by Gasteiger charge is 2.12. The molecule has 0 radical (unpaired) electrons. The standard InChI is InChI=1S/C28H24N2O4/c1-3-16-33-26-15-10-22(18-27(26)32-4-2)17-23(19-29)28(31)30-24-11-13-25(14-12-24)34-20-21-8-6-5-7-9-21/h1,5-15,17-18H,4,16,20H2,2H3,(H,30,31)/b23-17+. The lowest BCUT2D eigenvalue weighted by atomic mass is 10.1. The number of carbonyl (C=O) groups excluding carboxylic acids is 1. The Morgan fingerprint density at radius 1 is 1.00 bits per heavy atom. The van der Waals surface area contributed by atoms with Gasteiger partial charge >= 0.3 is 0 Å². The number of carbonyl (C=O) groups is 1. The SMILES string of the molecule is C#CCOc1ccc(/C=C(\C#N)C(=O)Nc2ccc(OCc3ccccc3)cc2)cc1OCC. The number of nitrogens with one attached hydrogen (secondary N) is 1. The summed E-state index contributed by atoms with van der Waals surface area (Å²) in [4.78, 5) is 12.7. The number of anilines is 1. The lowest BCUT2D eigenvalue weighted by molar-refractivity contribution is -0.112. The lowest BCUT2D eigenvalue weighted by Crippen LogP contribution is -2.13. The van der Waals surface area contributed by atoms with E-state index in [4.69, 9.17) is 20.6 Å². The third-order valence-corrected chi connectivity index (χ3v) is 4.62. The zero-order valence-corrected chi connectivity index (χ0v) is 18.8. The van der Waals surface area contributed by atoms with Gasteiger partial charge in [-0.15, -0.1) is 6.42 Å². The second-order valence-electron chi connectivity index (χ2n) is 7.05. The van der Waals surface area contributed by atoms with Gasteiger partial charge < -0.3 is 19.5 Å². The summed E-state index contributed by atoms with van der Waals surface area (Å²) < 4.78 is 16.8. The summed E-state index contributed by atoms with van der Waals surface area (Å²) in [7, 11) is 0. The fourth-order valence-electron chi connectivity index (χ4n) is 3.01. The van der Waals surface area contributed by atoms with Crippen LogP contribution in [0.25, 0.3) is 6.08 Å². The quantitative estimate of drug-likeness (QED) is 0.259. The van der Waals surface area contributed by atoms with Crippen LogP contribution in [0.5, 0.6) is 17.2 Å². The van der Waals surface area contributed by atoms with Crippen molar-refractivity contribution < 1.29 is 19.0 Å². The maximum atomic E-state index is 12.7. The number of ether oxygens (including phenoxy) is 3. The zero-order valence-electron chi connectivity index (χ0n) is 18.8. The van der Waals surface area contributed by atoms with Gasteiger partial charge in [-0.1, -0.05) is 42.3 Å². The molecule has 3 aromatic rings. The molecule has 34 heavy (non-hydrogen) atoms. The van der Waals surface area contributed by atoms with Crippen molar-refractivity contribution >= 4 is 17.7 Å². The van der Waals surface area contributed by atoms with Gasteiger partial charge in [-0.2, -0.15) is 5.26 Å². The molecular weight excluding hydrogens is 428 g/mol. The largest absolute Gasteiger partial charge is 0.490 e. The van der Waals surface area contributed by atoms with Crippen LogP contribution >= 0.6 is 0 Å². The van der Waals surface area contributed by atoms with E-state index in [-0.39, 0.29) is 12.2 Å². The second kappa shape index (κ2) is 12.4. The molecule has 170 valence electrons. The summed E-state index contributed by atoms with van der Waals surface area (Å²) >= 11 is 0. The molecule has 1 amide bonds. The molecule has 0 bridgehead atoms. The van der Waals surface area contributed by atoms with E-state index in [0.717, 1.165) is 5.56 Å². The number of terminal acetylenes is 1. The molecule has 0 spiro atoms. The van der Waals surface area contributed by atoms with Crippen LogP contribution in [0.2, 0.25) is 0 Å². The summed E-state index contributed by atoms with van der Waals surface area (Å²) in [6, 6.07) is 23.8. The molecule has 0 unspecified atom stereocenters. The summed E-state index contributed by atoms with van der Waals surface area (Å²) in [5.41, 5.74) is 2.18. The number of benzene rings is 3. The third kappa shape index (κ3) is 6.91. The average Bonchev–Trinajstić information content (AvgIpc) is 2.87. The Morgan fingerprint density at radius 2 is 1.76 bits per heavy atom. The highest BCUT2D eigenvalue weighted by atomic mass is 16.5. The van der Waals surface area contributed by atoms with Gasteiger partial charge in [0, 0.05) is 5.69 Å². The van der Waals surface area contributed by atoms with E-state index in [1.807, 2.05) is 43.3 Å². The molecule has 6 heteroatoms. The van der Waals surface area contributed by atoms with Crippen molar-refractivity contribution in [1.82, 2.24) is 0 Å². The van der Waals surface area contributed by atoms with E-state index in [0.29, 0.717) is 41.7 Å². The van der Waals surface area contributed by atoms with Crippen molar-refractivity contribution in [3.05, 3.63) is 89.5 Å². The first-order chi connectivity index (χ1) is 16.6. The van der Waals surface area contributed by atoms with E-state index in [2.05, 4.69) is 11.2 Å². The molecule has 0 aliphatic rings. The van der Waals surface area contributed by atoms with E-state index < -0.39 is 5.91 Å². The Morgan fingerprint density at radius 3 is 2.44 bits per heavy atom. The minimum absolute atomic E-state index is 0.0517. The number of rotatable bonds is 10. The number of amides is 1. The molecule has 0 atom stereocenters. The van der Waals surface area contributed by atoms with Gasteiger partial charge in [0.1, 0.15) is 30.6 Å². The molecule has 0 aliphatic heterocycles. The summed E-state index contributed by atoms with van der Waals surface area (Å²) in [6.07, 6.45) is 6.73. The molecular formula is C28H24N2O4. The molecule has 3 rings (SSSR count). The topological polar surface area (TPSA) is 80.6 Å². The molecule has 6 nitrogen and oxygen atoms in total. The zero-order chi connectivity index (χ0) is 24.2. The maximum Gasteiger partial charge on any atom is 0.266 e. The van der Waals surface area contributed by atoms with Crippen molar-refractivity contribution in [3.63, 3.8) is 0 Å². The van der Waals surface area contributed by atoms with Crippen molar-refractivity contribution in [2.24, 2.45) is 0 Å². The molecule has 0 saturated carbocycles. The number of nitrogens with zero attached hydrogens (tertiary/aromatic N) is 1. The van der Waals surface area contributed by atoms with Gasteiger partial charge in [-0.05, 0) is 60.5 Å². The smallest absolute Gasteiger partial charge is 0.266 e. The normalized spacial score (nSPS) is 10.5. The van der Waals surface area contributed by atoms with Crippen molar-refractivity contribution in [2.45, 2.75) is 13.5 Å². The Bertz CT molecular complexity index is 1220. The monoisotopic (exact) mass is 452 g/mol. The predicted octanol–water partition coefficient (Wildman–Crippen LogP) is 5.22. The van der Waals surface area contributed by atoms with Gasteiger partial charge in [-0.25, -0.2) is 0 Å². The van der Waals surface area contributed by atoms with Crippen LogP contribution < -0.4 is 19.5 Å². The van der Waals surface area contributed by atoms with Crippen molar-refractivity contribution in [3.8, 4) is 35.7 Å².